The number of nitrogens with two attached hydrogens (primary N) is 1. The molecule has 17 heavy (non-hydrogen) atoms. The number of rotatable bonds is 3. The summed E-state index contributed by atoms with van der Waals surface area (Å²) in [4.78, 5) is 8.36. The number of hydrogen-bond acceptors (Lipinski definition) is 3. The minimum Gasteiger partial charge on any atom is -0.483 e. The molecule has 4 nitrogen and oxygen atoms in total. The lowest BCUT2D eigenvalue weighted by atomic mass is 10.1. The standard InChI is InChI=1S/C12H14N2.CH2O2/c13-8-9-14-12-7-3-5-10-4-1-2-6-11(10)12;2-1-3/h1-7,14H,8-9,13H2;1H,(H,2,3). The van der Waals surface area contributed by atoms with Gasteiger partial charge in [0, 0.05) is 24.2 Å². The van der Waals surface area contributed by atoms with E-state index >= 15 is 0 Å². The molecule has 0 aromatic heterocycles. The van der Waals surface area contributed by atoms with Gasteiger partial charge in [-0.15, -0.1) is 0 Å². The zero-order valence-electron chi connectivity index (χ0n) is 9.47. The van der Waals surface area contributed by atoms with E-state index in [-0.39, 0.29) is 6.47 Å². The average molecular weight is 232 g/mol. The molecule has 2 aromatic carbocycles. The second-order valence-corrected chi connectivity index (χ2v) is 3.35. The van der Waals surface area contributed by atoms with Gasteiger partial charge < -0.3 is 16.2 Å². The quantitative estimate of drug-likeness (QED) is 0.707. The Morgan fingerprint density at radius 2 is 1.82 bits per heavy atom. The Bertz CT molecular complexity index is 466. The summed E-state index contributed by atoms with van der Waals surface area (Å²) in [5.74, 6) is 0. The van der Waals surface area contributed by atoms with E-state index in [1.165, 1.54) is 10.8 Å². The minimum absolute atomic E-state index is 0.250. The fraction of sp³-hybridized carbons (Fsp3) is 0.154. The Morgan fingerprint density at radius 1 is 1.18 bits per heavy atom. The molecule has 4 heteroatoms. The molecule has 0 aliphatic heterocycles. The Balaban J connectivity index is 0.000000437. The highest BCUT2D eigenvalue weighted by molar-refractivity contribution is 5.93. The van der Waals surface area contributed by atoms with E-state index in [0.29, 0.717) is 6.54 Å². The molecule has 0 heterocycles. The van der Waals surface area contributed by atoms with Crippen molar-refractivity contribution in [1.29, 1.82) is 0 Å². The van der Waals surface area contributed by atoms with Crippen LogP contribution in [0.15, 0.2) is 42.5 Å². The number of benzene rings is 2. The molecular formula is C13H16N2O2. The smallest absolute Gasteiger partial charge is 0.290 e. The van der Waals surface area contributed by atoms with E-state index in [2.05, 4.69) is 47.8 Å². The number of carboxylic acid groups (broad SMARTS) is 1. The van der Waals surface area contributed by atoms with Crippen molar-refractivity contribution in [3.05, 3.63) is 42.5 Å². The highest BCUT2D eigenvalue weighted by Gasteiger charge is 1.97. The zero-order chi connectivity index (χ0) is 12.5. The van der Waals surface area contributed by atoms with Gasteiger partial charge in [-0.05, 0) is 11.5 Å². The molecular weight excluding hydrogens is 216 g/mol. The molecule has 0 aliphatic rings. The van der Waals surface area contributed by atoms with Gasteiger partial charge in [0.15, 0.2) is 0 Å². The second-order valence-electron chi connectivity index (χ2n) is 3.35. The van der Waals surface area contributed by atoms with Crippen LogP contribution in [0.4, 0.5) is 5.69 Å². The summed E-state index contributed by atoms with van der Waals surface area (Å²) in [6, 6.07) is 14.6. The average Bonchev–Trinajstić information content (AvgIpc) is 2.37. The lowest BCUT2D eigenvalue weighted by Crippen LogP contribution is -2.13. The van der Waals surface area contributed by atoms with Crippen LogP contribution in [0.5, 0.6) is 0 Å². The number of carbonyl (C=O) groups is 1. The van der Waals surface area contributed by atoms with Crippen LogP contribution < -0.4 is 11.1 Å². The van der Waals surface area contributed by atoms with Crippen molar-refractivity contribution in [2.24, 2.45) is 5.73 Å². The lowest BCUT2D eigenvalue weighted by molar-refractivity contribution is -0.122. The van der Waals surface area contributed by atoms with Crippen LogP contribution in [0.3, 0.4) is 0 Å². The van der Waals surface area contributed by atoms with Gasteiger partial charge >= 0.3 is 0 Å². The van der Waals surface area contributed by atoms with Crippen LogP contribution in [-0.4, -0.2) is 24.7 Å². The van der Waals surface area contributed by atoms with Gasteiger partial charge in [-0.1, -0.05) is 36.4 Å². The summed E-state index contributed by atoms with van der Waals surface area (Å²) in [6.45, 7) is 1.22. The van der Waals surface area contributed by atoms with Crippen molar-refractivity contribution in [3.63, 3.8) is 0 Å². The number of hydrogen-bond donors (Lipinski definition) is 3. The molecule has 2 aromatic rings. The topological polar surface area (TPSA) is 75.3 Å². The summed E-state index contributed by atoms with van der Waals surface area (Å²) >= 11 is 0. The molecule has 0 bridgehead atoms. The Hall–Kier alpha value is -2.07. The predicted octanol–water partition coefficient (Wildman–Crippen LogP) is 1.91. The summed E-state index contributed by atoms with van der Waals surface area (Å²) in [5, 5.41) is 12.7. The van der Waals surface area contributed by atoms with Gasteiger partial charge in [-0.3, -0.25) is 4.79 Å². The maximum atomic E-state index is 8.36. The largest absolute Gasteiger partial charge is 0.483 e. The molecule has 90 valence electrons. The van der Waals surface area contributed by atoms with E-state index in [4.69, 9.17) is 15.6 Å². The molecule has 4 N–H and O–H groups in total. The van der Waals surface area contributed by atoms with Crippen molar-refractivity contribution in [3.8, 4) is 0 Å². The fourth-order valence-corrected chi connectivity index (χ4v) is 1.59. The number of anilines is 1. The number of fused-ring (bicyclic) bond motifs is 1. The van der Waals surface area contributed by atoms with E-state index in [9.17, 15) is 0 Å². The molecule has 0 amide bonds. The Kier molecular flexibility index (Phi) is 5.54. The first-order chi connectivity index (χ1) is 8.33. The Labute approximate surface area is 100 Å². The van der Waals surface area contributed by atoms with Crippen molar-refractivity contribution in [1.82, 2.24) is 0 Å². The van der Waals surface area contributed by atoms with Gasteiger partial charge in [0.2, 0.25) is 0 Å². The monoisotopic (exact) mass is 232 g/mol. The molecule has 0 fully saturated rings. The lowest BCUT2D eigenvalue weighted by Gasteiger charge is -2.08. The van der Waals surface area contributed by atoms with E-state index in [0.717, 1.165) is 12.2 Å². The van der Waals surface area contributed by atoms with Gasteiger partial charge in [0.1, 0.15) is 0 Å². The molecule has 0 spiro atoms. The summed E-state index contributed by atoms with van der Waals surface area (Å²) < 4.78 is 0. The first kappa shape index (κ1) is 13.0. The van der Waals surface area contributed by atoms with E-state index in [1.807, 2.05) is 0 Å². The zero-order valence-corrected chi connectivity index (χ0v) is 9.47. The minimum atomic E-state index is -0.250. The first-order valence-electron chi connectivity index (χ1n) is 5.33. The third-order valence-electron chi connectivity index (χ3n) is 2.25. The van der Waals surface area contributed by atoms with E-state index < -0.39 is 0 Å². The summed E-state index contributed by atoms with van der Waals surface area (Å²) in [5.41, 5.74) is 6.62. The summed E-state index contributed by atoms with van der Waals surface area (Å²) in [6.07, 6.45) is 0. The predicted molar refractivity (Wildman–Crippen MR) is 70.2 cm³/mol. The third-order valence-corrected chi connectivity index (χ3v) is 2.25. The van der Waals surface area contributed by atoms with Crippen LogP contribution in [0.2, 0.25) is 0 Å². The molecule has 0 saturated heterocycles. The van der Waals surface area contributed by atoms with Crippen molar-refractivity contribution in [2.45, 2.75) is 0 Å². The SMILES string of the molecule is NCCNc1cccc2ccccc12.O=CO. The Morgan fingerprint density at radius 3 is 2.53 bits per heavy atom. The van der Waals surface area contributed by atoms with Crippen LogP contribution in [0.25, 0.3) is 10.8 Å². The van der Waals surface area contributed by atoms with Crippen LogP contribution >= 0.6 is 0 Å². The molecule has 0 aliphatic carbocycles. The maximum Gasteiger partial charge on any atom is 0.290 e. The molecule has 0 saturated carbocycles. The molecule has 2 rings (SSSR count). The van der Waals surface area contributed by atoms with Gasteiger partial charge in [0.05, 0.1) is 0 Å². The normalized spacial score (nSPS) is 9.24. The third kappa shape index (κ3) is 3.77. The van der Waals surface area contributed by atoms with Crippen molar-refractivity contribution >= 4 is 22.9 Å². The van der Waals surface area contributed by atoms with Gasteiger partial charge in [0.25, 0.3) is 6.47 Å². The van der Waals surface area contributed by atoms with Crippen LogP contribution in [0, 0.1) is 0 Å². The van der Waals surface area contributed by atoms with Crippen molar-refractivity contribution < 1.29 is 9.90 Å². The number of nitrogens with one attached hydrogen (secondary N) is 1. The van der Waals surface area contributed by atoms with Crippen molar-refractivity contribution in [2.75, 3.05) is 18.4 Å². The van der Waals surface area contributed by atoms with E-state index in [1.54, 1.807) is 0 Å². The second kappa shape index (κ2) is 7.24. The summed E-state index contributed by atoms with van der Waals surface area (Å²) in [7, 11) is 0. The molecule has 0 atom stereocenters. The molecule has 0 radical (unpaired) electrons. The highest BCUT2D eigenvalue weighted by atomic mass is 16.3. The first-order valence-corrected chi connectivity index (χ1v) is 5.33. The van der Waals surface area contributed by atoms with Gasteiger partial charge in [-0.2, -0.15) is 0 Å². The van der Waals surface area contributed by atoms with Gasteiger partial charge in [-0.25, -0.2) is 0 Å². The molecule has 0 unspecified atom stereocenters. The maximum absolute atomic E-state index is 8.36. The van der Waals surface area contributed by atoms with Crippen LogP contribution in [-0.2, 0) is 4.79 Å². The highest BCUT2D eigenvalue weighted by Crippen LogP contribution is 2.22. The fourth-order valence-electron chi connectivity index (χ4n) is 1.59. The van der Waals surface area contributed by atoms with Crippen LogP contribution in [0.1, 0.15) is 0 Å².